The number of nitrogens with zero attached hydrogens (tertiary/aromatic N) is 4. The third kappa shape index (κ3) is 8.56. The fourth-order valence-corrected chi connectivity index (χ4v) is 5.70. The predicted molar refractivity (Wildman–Crippen MR) is 189 cm³/mol. The molecule has 0 saturated heterocycles. The molecular formula is C40H24Ag2N4O8. The van der Waals surface area contributed by atoms with Gasteiger partial charge < -0.3 is 30.0 Å². The first-order valence-electron chi connectivity index (χ1n) is 15.5. The summed E-state index contributed by atoms with van der Waals surface area (Å²) in [6.45, 7) is 0. The van der Waals surface area contributed by atoms with Crippen LogP contribution in [-0.4, -0.2) is 54.0 Å². The Hall–Kier alpha value is -6.12. The molecule has 0 fully saturated rings. The molecule has 0 aliphatic carbocycles. The maximum absolute atomic E-state index is 11.4. The fraction of sp³-hybridized carbons (Fsp3) is 0. The minimum Gasteiger partial charge on any atom is -0.545 e. The Bertz CT molecular complexity index is 2330. The number of fused-ring (bicyclic) bond motifs is 6. The van der Waals surface area contributed by atoms with Crippen molar-refractivity contribution in [3.05, 3.63) is 156 Å². The molecule has 2 N–H and O–H groups in total. The Morgan fingerprint density at radius 2 is 0.648 bits per heavy atom. The van der Waals surface area contributed by atoms with E-state index >= 15 is 0 Å². The van der Waals surface area contributed by atoms with E-state index in [1.807, 2.05) is 24.3 Å². The monoisotopic (exact) mass is 902 g/mol. The molecule has 8 aromatic rings. The second kappa shape index (κ2) is 18.1. The standard InChI is InChI=1S/C16H10O8.2C12H8N2.2Ag/c17-13(18)7-3-1-4-8(14(19)20)11(7)12-9(15(21)22)5-2-6-10(12)16(23)24;2*1-3-9-5-6-10-4-2-8-14-12(10)11(9)13-7-1;;/h1-6H,(H,17,18)(H,19,20)(H,21,22)(H,23,24);2*1-8H;;/q;;;2*+1/p-2. The second-order valence-electron chi connectivity index (χ2n) is 11.1. The Morgan fingerprint density at radius 1 is 0.389 bits per heavy atom. The molecule has 12 nitrogen and oxygen atoms in total. The SMILES string of the molecule is O=C([O-])c1cccc(C(=O)[O-])c1-c1c(C(=O)O)cccc1C(=O)O.[Ag+].[Ag+].c1cnc2c(c1)ccc1cccnc12.c1cnc2c(c1)ccc1cccnc12. The van der Waals surface area contributed by atoms with Gasteiger partial charge >= 0.3 is 56.7 Å². The Morgan fingerprint density at radius 3 is 0.907 bits per heavy atom. The van der Waals surface area contributed by atoms with Crippen molar-refractivity contribution in [3.63, 3.8) is 0 Å². The van der Waals surface area contributed by atoms with Crippen molar-refractivity contribution >= 4 is 67.5 Å². The van der Waals surface area contributed by atoms with Crippen LogP contribution in [-0.2, 0) is 44.8 Å². The first-order chi connectivity index (χ1) is 25.2. The third-order valence-electron chi connectivity index (χ3n) is 7.97. The topological polar surface area (TPSA) is 206 Å². The number of benzene rings is 4. The molecule has 0 aliphatic heterocycles. The van der Waals surface area contributed by atoms with Gasteiger partial charge in [-0.25, -0.2) is 9.59 Å². The molecule has 274 valence electrons. The van der Waals surface area contributed by atoms with Gasteiger partial charge in [-0.1, -0.05) is 72.8 Å². The first kappa shape index (κ1) is 40.6. The Balaban J connectivity index is 0.000000186. The average molecular weight is 904 g/mol. The van der Waals surface area contributed by atoms with E-state index in [0.717, 1.165) is 80.0 Å². The number of rotatable bonds is 5. The summed E-state index contributed by atoms with van der Waals surface area (Å²) in [5.41, 5.74) is 0.329. The molecule has 4 heterocycles. The third-order valence-corrected chi connectivity index (χ3v) is 7.97. The summed E-state index contributed by atoms with van der Waals surface area (Å²) < 4.78 is 0. The van der Waals surface area contributed by atoms with Gasteiger partial charge in [0.05, 0.1) is 45.1 Å². The van der Waals surface area contributed by atoms with Gasteiger partial charge in [0.2, 0.25) is 0 Å². The number of aromatic carboxylic acids is 4. The number of carboxylic acid groups (broad SMARTS) is 4. The van der Waals surface area contributed by atoms with E-state index in [2.05, 4.69) is 68.5 Å². The van der Waals surface area contributed by atoms with Gasteiger partial charge in [0.15, 0.2) is 0 Å². The molecule has 0 amide bonds. The van der Waals surface area contributed by atoms with Crippen molar-refractivity contribution in [3.8, 4) is 11.1 Å². The van der Waals surface area contributed by atoms with E-state index in [1.54, 1.807) is 24.8 Å². The second-order valence-corrected chi connectivity index (χ2v) is 11.1. The van der Waals surface area contributed by atoms with Crippen LogP contribution in [0.4, 0.5) is 0 Å². The van der Waals surface area contributed by atoms with Gasteiger partial charge in [0.25, 0.3) is 0 Å². The number of carbonyl (C=O) groups excluding carboxylic acids is 2. The number of pyridine rings is 4. The molecule has 0 saturated carbocycles. The Labute approximate surface area is 337 Å². The van der Waals surface area contributed by atoms with E-state index in [-0.39, 0.29) is 44.8 Å². The van der Waals surface area contributed by atoms with Crippen LogP contribution in [0, 0.1) is 0 Å². The van der Waals surface area contributed by atoms with E-state index in [1.165, 1.54) is 0 Å². The summed E-state index contributed by atoms with van der Waals surface area (Å²) in [6.07, 6.45) is 7.21. The molecule has 0 bridgehead atoms. The van der Waals surface area contributed by atoms with Crippen molar-refractivity contribution < 1.29 is 84.4 Å². The summed E-state index contributed by atoms with van der Waals surface area (Å²) in [4.78, 5) is 62.8. The van der Waals surface area contributed by atoms with Gasteiger partial charge in [0, 0.05) is 68.6 Å². The van der Waals surface area contributed by atoms with Crippen LogP contribution < -0.4 is 10.2 Å². The maximum atomic E-state index is 11.4. The number of hydrogen-bond acceptors (Lipinski definition) is 10. The van der Waals surface area contributed by atoms with Gasteiger partial charge in [-0.15, -0.1) is 0 Å². The molecule has 14 heteroatoms. The summed E-state index contributed by atoms with van der Waals surface area (Å²) in [5, 5.41) is 45.7. The quantitative estimate of drug-likeness (QED) is 0.172. The van der Waals surface area contributed by atoms with Crippen LogP contribution in [0.25, 0.3) is 54.7 Å². The average Bonchev–Trinajstić information content (AvgIpc) is 3.17. The number of aromatic nitrogens is 4. The van der Waals surface area contributed by atoms with Gasteiger partial charge in [0.1, 0.15) is 0 Å². The van der Waals surface area contributed by atoms with E-state index < -0.39 is 57.3 Å². The zero-order valence-electron chi connectivity index (χ0n) is 27.4. The molecule has 0 aliphatic rings. The molecule has 8 rings (SSSR count). The molecule has 4 aromatic carbocycles. The summed E-state index contributed by atoms with van der Waals surface area (Å²) in [7, 11) is 0. The molecule has 0 spiro atoms. The van der Waals surface area contributed by atoms with Crippen molar-refractivity contribution in [2.75, 3.05) is 0 Å². The maximum Gasteiger partial charge on any atom is 1.00 e. The molecule has 0 radical (unpaired) electrons. The first-order valence-corrected chi connectivity index (χ1v) is 15.5. The molecule has 0 atom stereocenters. The van der Waals surface area contributed by atoms with Crippen molar-refractivity contribution in [1.29, 1.82) is 0 Å². The smallest absolute Gasteiger partial charge is 0.545 e. The fourth-order valence-electron chi connectivity index (χ4n) is 5.70. The summed E-state index contributed by atoms with van der Waals surface area (Å²) in [5.74, 6) is -6.68. The molecule has 0 unspecified atom stereocenters. The number of carbonyl (C=O) groups is 4. The van der Waals surface area contributed by atoms with Crippen molar-refractivity contribution in [2.45, 2.75) is 0 Å². The van der Waals surface area contributed by atoms with Crippen LogP contribution in [0.3, 0.4) is 0 Å². The van der Waals surface area contributed by atoms with Crippen molar-refractivity contribution in [1.82, 2.24) is 19.9 Å². The molecule has 4 aromatic heterocycles. The zero-order chi connectivity index (χ0) is 36.8. The van der Waals surface area contributed by atoms with E-state index in [9.17, 15) is 39.6 Å². The largest absolute Gasteiger partial charge is 1.00 e. The van der Waals surface area contributed by atoms with Crippen LogP contribution in [0.1, 0.15) is 41.4 Å². The van der Waals surface area contributed by atoms with Crippen LogP contribution in [0.5, 0.6) is 0 Å². The van der Waals surface area contributed by atoms with Crippen LogP contribution in [0.15, 0.2) is 134 Å². The van der Waals surface area contributed by atoms with Crippen LogP contribution in [0.2, 0.25) is 0 Å². The van der Waals surface area contributed by atoms with Gasteiger partial charge in [-0.3, -0.25) is 19.9 Å². The molecule has 54 heavy (non-hydrogen) atoms. The van der Waals surface area contributed by atoms with Crippen LogP contribution >= 0.6 is 0 Å². The predicted octanol–water partition coefficient (Wildman–Crippen LogP) is 5.04. The van der Waals surface area contributed by atoms with Crippen molar-refractivity contribution in [2.24, 2.45) is 0 Å². The zero-order valence-corrected chi connectivity index (χ0v) is 30.4. The minimum absolute atomic E-state index is 0. The molecular weight excluding hydrogens is 880 g/mol. The normalized spacial score (nSPS) is 10.1. The van der Waals surface area contributed by atoms with E-state index in [0.29, 0.717) is 0 Å². The Kier molecular flexibility index (Phi) is 13.6. The van der Waals surface area contributed by atoms with Gasteiger partial charge in [-0.05, 0) is 36.4 Å². The number of hydrogen-bond donors (Lipinski definition) is 2. The van der Waals surface area contributed by atoms with Gasteiger partial charge in [-0.2, -0.15) is 0 Å². The summed E-state index contributed by atoms with van der Waals surface area (Å²) in [6, 6.07) is 30.6. The minimum atomic E-state index is -1.79. The summed E-state index contributed by atoms with van der Waals surface area (Å²) >= 11 is 0. The number of carboxylic acids is 4. The van der Waals surface area contributed by atoms with E-state index in [4.69, 9.17) is 0 Å².